The van der Waals surface area contributed by atoms with Gasteiger partial charge in [0.1, 0.15) is 0 Å². The molecule has 0 radical (unpaired) electrons. The summed E-state index contributed by atoms with van der Waals surface area (Å²) in [6, 6.07) is 4.87. The first-order valence-electron chi connectivity index (χ1n) is 8.19. The van der Waals surface area contributed by atoms with Gasteiger partial charge in [-0.05, 0) is 32.9 Å². The fourth-order valence-corrected chi connectivity index (χ4v) is 2.44. The van der Waals surface area contributed by atoms with Gasteiger partial charge in [-0.2, -0.15) is 10.0 Å². The highest BCUT2D eigenvalue weighted by molar-refractivity contribution is 6.10. The third kappa shape index (κ3) is 3.56. The Kier molecular flexibility index (Phi) is 5.81. The number of benzene rings is 1. The topological polar surface area (TPSA) is 152 Å². The summed E-state index contributed by atoms with van der Waals surface area (Å²) >= 11 is 0. The number of aliphatic carboxylic acids is 1. The van der Waals surface area contributed by atoms with Crippen molar-refractivity contribution in [3.8, 4) is 0 Å². The number of amidine groups is 1. The van der Waals surface area contributed by atoms with Gasteiger partial charge in [-0.3, -0.25) is 10.1 Å². The zero-order chi connectivity index (χ0) is 21.1. The van der Waals surface area contributed by atoms with Gasteiger partial charge in [-0.15, -0.1) is 0 Å². The van der Waals surface area contributed by atoms with Crippen LogP contribution in [0.25, 0.3) is 0 Å². The number of carbonyl (C=O) groups is 3. The van der Waals surface area contributed by atoms with Crippen LogP contribution in [0.15, 0.2) is 29.3 Å². The van der Waals surface area contributed by atoms with E-state index >= 15 is 0 Å². The molecule has 12 heteroatoms. The van der Waals surface area contributed by atoms with E-state index in [-0.39, 0.29) is 30.3 Å². The van der Waals surface area contributed by atoms with Gasteiger partial charge in [0, 0.05) is 17.7 Å². The number of nitro groups is 1. The minimum atomic E-state index is -2.20. The maximum Gasteiger partial charge on any atom is 0.435 e. The van der Waals surface area contributed by atoms with Crippen LogP contribution in [-0.4, -0.2) is 62.9 Å². The molecule has 0 saturated heterocycles. The standard InChI is InChI=1S/C16H18N4O8/c1-4-27-14(23)18-12(10-6-8-11(9-7-10)20(25)26)17-16(3,13(21)22)19(18)15(24)28-5-2/h6-9H,4-5H2,1-3H3,(H,21,22). The molecule has 1 aliphatic rings. The molecule has 1 unspecified atom stereocenters. The summed E-state index contributed by atoms with van der Waals surface area (Å²) in [5.41, 5.74) is -2.25. The summed E-state index contributed by atoms with van der Waals surface area (Å²) in [6.45, 7) is 4.02. The van der Waals surface area contributed by atoms with E-state index in [2.05, 4.69) is 4.99 Å². The largest absolute Gasteiger partial charge is 0.478 e. The lowest BCUT2D eigenvalue weighted by Gasteiger charge is -2.33. The lowest BCUT2D eigenvalue weighted by molar-refractivity contribution is -0.384. The van der Waals surface area contributed by atoms with E-state index in [0.717, 1.165) is 19.1 Å². The molecular formula is C16H18N4O8. The Bertz CT molecular complexity index is 838. The summed E-state index contributed by atoms with van der Waals surface area (Å²) in [6.07, 6.45) is -2.18. The number of hydrogen-bond donors (Lipinski definition) is 1. The van der Waals surface area contributed by atoms with Crippen molar-refractivity contribution in [2.45, 2.75) is 26.4 Å². The molecule has 0 aromatic heterocycles. The molecule has 12 nitrogen and oxygen atoms in total. The van der Waals surface area contributed by atoms with E-state index in [1.165, 1.54) is 26.0 Å². The molecular weight excluding hydrogens is 376 g/mol. The van der Waals surface area contributed by atoms with Crippen LogP contribution in [0.4, 0.5) is 15.3 Å². The highest BCUT2D eigenvalue weighted by atomic mass is 16.6. The second-order valence-electron chi connectivity index (χ2n) is 5.59. The monoisotopic (exact) mass is 394 g/mol. The van der Waals surface area contributed by atoms with Crippen LogP contribution in [0.3, 0.4) is 0 Å². The summed E-state index contributed by atoms with van der Waals surface area (Å²) in [5, 5.41) is 21.7. The van der Waals surface area contributed by atoms with E-state index < -0.39 is 28.7 Å². The Morgan fingerprint density at radius 1 is 1.14 bits per heavy atom. The van der Waals surface area contributed by atoms with Gasteiger partial charge in [0.05, 0.1) is 18.1 Å². The first-order chi connectivity index (χ1) is 13.2. The number of carboxylic acids is 1. The lowest BCUT2D eigenvalue weighted by atomic mass is 10.2. The Morgan fingerprint density at radius 3 is 2.14 bits per heavy atom. The third-order valence-electron chi connectivity index (χ3n) is 3.76. The van der Waals surface area contributed by atoms with Crippen LogP contribution >= 0.6 is 0 Å². The molecule has 2 amide bonds. The van der Waals surface area contributed by atoms with Crippen molar-refractivity contribution in [3.63, 3.8) is 0 Å². The summed E-state index contributed by atoms with van der Waals surface area (Å²) in [5.74, 6) is -1.75. The molecule has 28 heavy (non-hydrogen) atoms. The van der Waals surface area contributed by atoms with Gasteiger partial charge in [0.25, 0.3) is 11.4 Å². The number of hydrazine groups is 1. The van der Waals surface area contributed by atoms with Gasteiger partial charge < -0.3 is 14.6 Å². The van der Waals surface area contributed by atoms with Crippen LogP contribution in [0.2, 0.25) is 0 Å². The molecule has 1 atom stereocenters. The summed E-state index contributed by atoms with van der Waals surface area (Å²) < 4.78 is 9.80. The molecule has 0 aliphatic carbocycles. The van der Waals surface area contributed by atoms with Gasteiger partial charge in [0.15, 0.2) is 5.84 Å². The predicted octanol–water partition coefficient (Wildman–Crippen LogP) is 1.99. The Morgan fingerprint density at radius 2 is 1.68 bits per heavy atom. The second-order valence-corrected chi connectivity index (χ2v) is 5.59. The molecule has 150 valence electrons. The first kappa shape index (κ1) is 20.6. The van der Waals surface area contributed by atoms with Crippen molar-refractivity contribution in [2.75, 3.05) is 13.2 Å². The molecule has 1 N–H and O–H groups in total. The van der Waals surface area contributed by atoms with E-state index in [1.807, 2.05) is 0 Å². The van der Waals surface area contributed by atoms with Crippen LogP contribution in [0.5, 0.6) is 0 Å². The highest BCUT2D eigenvalue weighted by Gasteiger charge is 2.56. The molecule has 1 heterocycles. The van der Waals surface area contributed by atoms with E-state index in [1.54, 1.807) is 0 Å². The SMILES string of the molecule is CCOC(=O)N1C(c2ccc([N+](=O)[O-])cc2)=NC(C)(C(=O)O)N1C(=O)OCC. The van der Waals surface area contributed by atoms with Crippen molar-refractivity contribution < 1.29 is 33.9 Å². The maximum absolute atomic E-state index is 12.5. The van der Waals surface area contributed by atoms with E-state index in [4.69, 9.17) is 9.47 Å². The molecule has 0 bridgehead atoms. The number of nitro benzene ring substituents is 1. The number of aliphatic imine (C=N–C) groups is 1. The minimum Gasteiger partial charge on any atom is -0.478 e. The Hall–Kier alpha value is -3.70. The van der Waals surface area contributed by atoms with E-state index in [0.29, 0.717) is 10.0 Å². The number of nitrogens with zero attached hydrogens (tertiary/aromatic N) is 4. The van der Waals surface area contributed by atoms with Crippen LogP contribution in [-0.2, 0) is 14.3 Å². The van der Waals surface area contributed by atoms with E-state index in [9.17, 15) is 29.6 Å². The fraction of sp³-hybridized carbons (Fsp3) is 0.375. The maximum atomic E-state index is 12.5. The first-order valence-corrected chi connectivity index (χ1v) is 8.19. The van der Waals surface area contributed by atoms with Crippen molar-refractivity contribution in [1.82, 2.24) is 10.0 Å². The van der Waals surface area contributed by atoms with Crippen molar-refractivity contribution in [3.05, 3.63) is 39.9 Å². The van der Waals surface area contributed by atoms with Gasteiger partial charge in [-0.1, -0.05) is 0 Å². The summed E-state index contributed by atoms with van der Waals surface area (Å²) in [4.78, 5) is 51.1. The molecule has 0 fully saturated rings. The molecule has 0 spiro atoms. The minimum absolute atomic E-state index is 0.0523. The van der Waals surface area contributed by atoms with Crippen LogP contribution in [0.1, 0.15) is 26.3 Å². The average molecular weight is 394 g/mol. The van der Waals surface area contributed by atoms with Crippen molar-refractivity contribution in [1.29, 1.82) is 0 Å². The highest BCUT2D eigenvalue weighted by Crippen LogP contribution is 2.32. The number of carbonyl (C=O) groups excluding carboxylic acids is 2. The number of carboxylic acid groups (broad SMARTS) is 1. The third-order valence-corrected chi connectivity index (χ3v) is 3.76. The number of non-ortho nitro benzene ring substituents is 1. The van der Waals surface area contributed by atoms with Gasteiger partial charge in [-0.25, -0.2) is 19.4 Å². The second kappa shape index (κ2) is 7.90. The molecule has 1 aromatic carbocycles. The average Bonchev–Trinajstić information content (AvgIpc) is 2.97. The van der Waals surface area contributed by atoms with Crippen molar-refractivity contribution >= 4 is 29.7 Å². The van der Waals surface area contributed by atoms with Crippen LogP contribution < -0.4 is 0 Å². The van der Waals surface area contributed by atoms with Crippen LogP contribution in [0, 0.1) is 10.1 Å². The zero-order valence-electron chi connectivity index (χ0n) is 15.3. The molecule has 1 aromatic rings. The number of rotatable bonds is 5. The zero-order valence-corrected chi connectivity index (χ0v) is 15.3. The molecule has 0 saturated carbocycles. The smallest absolute Gasteiger partial charge is 0.435 e. The number of amides is 2. The van der Waals surface area contributed by atoms with Gasteiger partial charge >= 0.3 is 18.2 Å². The normalized spacial score (nSPS) is 18.5. The summed E-state index contributed by atoms with van der Waals surface area (Å²) in [7, 11) is 0. The quantitative estimate of drug-likeness (QED) is 0.588. The van der Waals surface area contributed by atoms with Gasteiger partial charge in [0.2, 0.25) is 0 Å². The predicted molar refractivity (Wildman–Crippen MR) is 93.4 cm³/mol. The molecule has 1 aliphatic heterocycles. The Labute approximate surface area is 159 Å². The van der Waals surface area contributed by atoms with Crippen molar-refractivity contribution in [2.24, 2.45) is 4.99 Å². The molecule has 2 rings (SSSR count). The lowest BCUT2D eigenvalue weighted by Crippen LogP contribution is -2.59. The fourth-order valence-electron chi connectivity index (χ4n) is 2.44. The number of ether oxygens (including phenoxy) is 2. The number of hydrogen-bond acceptors (Lipinski definition) is 8. The Balaban J connectivity index is 2.62.